The first-order valence-corrected chi connectivity index (χ1v) is 18.7. The fourth-order valence-corrected chi connectivity index (χ4v) is 6.38. The lowest BCUT2D eigenvalue weighted by atomic mass is 9.90. The van der Waals surface area contributed by atoms with Crippen LogP contribution in [0.15, 0.2) is 24.3 Å². The highest BCUT2D eigenvalue weighted by Crippen LogP contribution is 2.33. The maximum absolute atomic E-state index is 12.4. The number of aliphatic hydroxyl groups excluding tert-OH is 5. The summed E-state index contributed by atoms with van der Waals surface area (Å²) >= 11 is 0. The highest BCUT2D eigenvalue weighted by atomic mass is 16.3. The van der Waals surface area contributed by atoms with Crippen LogP contribution < -0.4 is 5.32 Å². The van der Waals surface area contributed by atoms with E-state index in [1.165, 1.54) is 57.8 Å². The molecule has 268 valence electrons. The number of aliphatic hydroxyl groups is 5. The predicted octanol–water partition coefficient (Wildman–Crippen LogP) is 6.46. The van der Waals surface area contributed by atoms with Crippen molar-refractivity contribution >= 4 is 11.7 Å². The first kappa shape index (κ1) is 42.4. The van der Waals surface area contributed by atoms with Crippen LogP contribution in [-0.4, -0.2) is 74.3 Å². The van der Waals surface area contributed by atoms with E-state index in [1.54, 1.807) is 12.2 Å². The van der Waals surface area contributed by atoms with E-state index in [-0.39, 0.29) is 30.4 Å². The molecule has 1 amide bonds. The molecule has 6 N–H and O–H groups in total. The number of Topliss-reactive ketones (excluding diaryl/α,β-unsaturated/α-hetero) is 1. The highest BCUT2D eigenvalue weighted by molar-refractivity contribution is 5.86. The second-order valence-electron chi connectivity index (χ2n) is 13.6. The molecule has 0 spiro atoms. The zero-order valence-corrected chi connectivity index (χ0v) is 29.2. The van der Waals surface area contributed by atoms with Crippen LogP contribution in [0.1, 0.15) is 155 Å². The third kappa shape index (κ3) is 19.3. The van der Waals surface area contributed by atoms with Gasteiger partial charge in [0.05, 0.1) is 31.0 Å². The predicted molar refractivity (Wildman–Crippen MR) is 186 cm³/mol. The molecule has 1 fully saturated rings. The third-order valence-electron chi connectivity index (χ3n) is 9.43. The molecule has 0 aromatic carbocycles. The maximum Gasteiger partial charge on any atom is 0.220 e. The number of carbonyl (C=O) groups excluding carboxylic acids is 2. The molecular formula is C38H69NO7. The molecule has 8 heteroatoms. The van der Waals surface area contributed by atoms with Gasteiger partial charge in [0, 0.05) is 24.7 Å². The van der Waals surface area contributed by atoms with E-state index in [0.717, 1.165) is 38.5 Å². The van der Waals surface area contributed by atoms with Gasteiger partial charge in [0.2, 0.25) is 5.91 Å². The highest BCUT2D eigenvalue weighted by Gasteiger charge is 2.39. The molecule has 1 aliphatic carbocycles. The quantitative estimate of drug-likeness (QED) is 0.0402. The summed E-state index contributed by atoms with van der Waals surface area (Å²) in [6, 6.07) is -0.910. The molecule has 1 aliphatic rings. The van der Waals surface area contributed by atoms with Gasteiger partial charge in [0.1, 0.15) is 11.9 Å². The Labute approximate surface area is 280 Å². The summed E-state index contributed by atoms with van der Waals surface area (Å²) in [5.41, 5.74) is 0. The zero-order chi connectivity index (χ0) is 34.0. The van der Waals surface area contributed by atoms with Gasteiger partial charge in [-0.25, -0.2) is 0 Å². The lowest BCUT2D eigenvalue weighted by Crippen LogP contribution is -2.50. The first-order valence-electron chi connectivity index (χ1n) is 18.7. The minimum atomic E-state index is -1.22. The number of unbranched alkanes of at least 4 members (excludes halogenated alkanes) is 14. The molecule has 2 unspecified atom stereocenters. The van der Waals surface area contributed by atoms with Crippen molar-refractivity contribution in [2.24, 2.45) is 11.8 Å². The molecule has 0 heterocycles. The van der Waals surface area contributed by atoms with Crippen LogP contribution in [0.5, 0.6) is 0 Å². The normalized spacial score (nSPS) is 21.3. The average molecular weight is 652 g/mol. The average Bonchev–Trinajstić information content (AvgIpc) is 3.31. The van der Waals surface area contributed by atoms with E-state index in [1.807, 2.05) is 12.2 Å². The van der Waals surface area contributed by atoms with Gasteiger partial charge in [-0.3, -0.25) is 9.59 Å². The van der Waals surface area contributed by atoms with Crippen molar-refractivity contribution in [3.05, 3.63) is 24.3 Å². The second kappa shape index (κ2) is 27.4. The van der Waals surface area contributed by atoms with Crippen molar-refractivity contribution in [1.82, 2.24) is 5.32 Å². The molecule has 7 atom stereocenters. The van der Waals surface area contributed by atoms with E-state index >= 15 is 0 Å². The largest absolute Gasteiger partial charge is 0.394 e. The molecule has 0 bridgehead atoms. The molecule has 46 heavy (non-hydrogen) atoms. The van der Waals surface area contributed by atoms with Crippen molar-refractivity contribution in [3.63, 3.8) is 0 Å². The number of carbonyl (C=O) groups is 2. The van der Waals surface area contributed by atoms with Gasteiger partial charge in [0.25, 0.3) is 0 Å². The van der Waals surface area contributed by atoms with Gasteiger partial charge >= 0.3 is 0 Å². The van der Waals surface area contributed by atoms with Gasteiger partial charge in [-0.05, 0) is 32.1 Å². The van der Waals surface area contributed by atoms with E-state index in [0.29, 0.717) is 32.1 Å². The van der Waals surface area contributed by atoms with Crippen molar-refractivity contribution in [3.8, 4) is 0 Å². The van der Waals surface area contributed by atoms with Crippen LogP contribution in [0.3, 0.4) is 0 Å². The fraction of sp³-hybridized carbons (Fsp3) is 0.842. The second-order valence-corrected chi connectivity index (χ2v) is 13.6. The van der Waals surface area contributed by atoms with Gasteiger partial charge in [-0.1, -0.05) is 134 Å². The minimum absolute atomic E-state index is 0.000549. The summed E-state index contributed by atoms with van der Waals surface area (Å²) in [6.07, 6.45) is 24.8. The number of rotatable bonds is 29. The summed E-state index contributed by atoms with van der Waals surface area (Å²) < 4.78 is 0. The third-order valence-corrected chi connectivity index (χ3v) is 9.43. The summed E-state index contributed by atoms with van der Waals surface area (Å²) in [4.78, 5) is 24.9. The van der Waals surface area contributed by atoms with Gasteiger partial charge < -0.3 is 30.8 Å². The van der Waals surface area contributed by atoms with Crippen LogP contribution in [-0.2, 0) is 9.59 Å². The number of allylic oxidation sites excluding steroid dienone is 3. The Morgan fingerprint density at radius 3 is 2.00 bits per heavy atom. The lowest BCUT2D eigenvalue weighted by molar-refractivity contribution is -0.124. The SMILES string of the molecule is CCCCCCCCCCCCCCC(O)C(O)[C@H](CO)NC(=O)CCC/C=C\C[C@H]1[C@@H](O)CC(=O)[C@@H]1/C=C/[C@@H](O)CCCCC. The standard InChI is InChI=1S/C38H69NO7/c1-3-5-7-8-9-10-11-12-13-14-15-20-24-34(42)38(46)33(29-40)39-37(45)25-21-17-16-19-23-31-32(36(44)28-35(31)43)27-26-30(41)22-18-6-4-2/h16,19,26-27,30-35,38,40-43,46H,3-15,17-18,20-25,28-29H2,1-2H3,(H,39,45)/b19-16-,27-26+/t30-,31+,32+,33-,34?,35-,38?/m0/s1. The molecular weight excluding hydrogens is 582 g/mol. The summed E-state index contributed by atoms with van der Waals surface area (Å²) in [6.45, 7) is 3.90. The van der Waals surface area contributed by atoms with Crippen LogP contribution in [0.4, 0.5) is 0 Å². The lowest BCUT2D eigenvalue weighted by Gasteiger charge is -2.26. The Morgan fingerprint density at radius 1 is 0.826 bits per heavy atom. The molecule has 0 aromatic heterocycles. The molecule has 0 aromatic rings. The molecule has 8 nitrogen and oxygen atoms in total. The van der Waals surface area contributed by atoms with E-state index in [2.05, 4.69) is 19.2 Å². The fourth-order valence-electron chi connectivity index (χ4n) is 6.38. The smallest absolute Gasteiger partial charge is 0.220 e. The number of hydrogen-bond acceptors (Lipinski definition) is 7. The van der Waals surface area contributed by atoms with E-state index < -0.39 is 43.0 Å². The molecule has 0 aliphatic heterocycles. The summed E-state index contributed by atoms with van der Waals surface area (Å²) in [7, 11) is 0. The van der Waals surface area contributed by atoms with Crippen molar-refractivity contribution in [2.45, 2.75) is 186 Å². The number of nitrogens with one attached hydrogen (secondary N) is 1. The van der Waals surface area contributed by atoms with Gasteiger partial charge in [-0.2, -0.15) is 0 Å². The molecule has 0 radical (unpaired) electrons. The Hall–Kier alpha value is -1.58. The first-order chi connectivity index (χ1) is 22.2. The van der Waals surface area contributed by atoms with Crippen molar-refractivity contribution in [1.29, 1.82) is 0 Å². The van der Waals surface area contributed by atoms with Gasteiger partial charge in [-0.15, -0.1) is 0 Å². The molecule has 1 rings (SSSR count). The van der Waals surface area contributed by atoms with Crippen molar-refractivity contribution in [2.75, 3.05) is 6.61 Å². The number of ketones is 1. The Morgan fingerprint density at radius 2 is 1.39 bits per heavy atom. The molecule has 1 saturated carbocycles. The van der Waals surface area contributed by atoms with Crippen LogP contribution in [0, 0.1) is 11.8 Å². The summed E-state index contributed by atoms with van der Waals surface area (Å²) in [5.74, 6) is -0.912. The zero-order valence-electron chi connectivity index (χ0n) is 29.2. The number of hydrogen-bond donors (Lipinski definition) is 6. The molecule has 0 saturated heterocycles. The Balaban J connectivity index is 2.25. The van der Waals surface area contributed by atoms with Crippen molar-refractivity contribution < 1.29 is 35.1 Å². The van der Waals surface area contributed by atoms with Crippen LogP contribution >= 0.6 is 0 Å². The van der Waals surface area contributed by atoms with E-state index in [4.69, 9.17) is 0 Å². The van der Waals surface area contributed by atoms with Crippen LogP contribution in [0.25, 0.3) is 0 Å². The maximum atomic E-state index is 12.4. The van der Waals surface area contributed by atoms with E-state index in [9.17, 15) is 35.1 Å². The summed E-state index contributed by atoms with van der Waals surface area (Å²) in [5, 5.41) is 53.9. The Bertz CT molecular complexity index is 832. The number of amides is 1. The topological polar surface area (TPSA) is 147 Å². The van der Waals surface area contributed by atoms with Crippen LogP contribution in [0.2, 0.25) is 0 Å². The van der Waals surface area contributed by atoms with Gasteiger partial charge in [0.15, 0.2) is 0 Å². The Kier molecular flexibility index (Phi) is 25.3. The minimum Gasteiger partial charge on any atom is -0.394 e. The monoisotopic (exact) mass is 652 g/mol.